The van der Waals surface area contributed by atoms with Crippen LogP contribution in [0.1, 0.15) is 39.0 Å². The molecule has 16 heavy (non-hydrogen) atoms. The first-order valence-electron chi connectivity index (χ1n) is 6.32. The minimum Gasteiger partial charge on any atom is -0.363 e. The van der Waals surface area contributed by atoms with Gasteiger partial charge in [-0.25, -0.2) is 0 Å². The Morgan fingerprint density at radius 3 is 2.62 bits per heavy atom. The van der Waals surface area contributed by atoms with Crippen LogP contribution >= 0.6 is 0 Å². The van der Waals surface area contributed by atoms with E-state index in [2.05, 4.69) is 10.6 Å². The molecule has 0 aromatic carbocycles. The molecule has 2 N–H and O–H groups in total. The zero-order valence-corrected chi connectivity index (χ0v) is 10.1. The molecule has 2 aliphatic rings. The van der Waals surface area contributed by atoms with Gasteiger partial charge >= 0.3 is 0 Å². The van der Waals surface area contributed by atoms with Crippen molar-refractivity contribution in [3.05, 3.63) is 0 Å². The molecular weight excluding hydrogens is 204 g/mol. The van der Waals surface area contributed by atoms with Crippen molar-refractivity contribution in [2.24, 2.45) is 0 Å². The van der Waals surface area contributed by atoms with E-state index < -0.39 is 0 Å². The summed E-state index contributed by atoms with van der Waals surface area (Å²) in [6.07, 6.45) is 6.06. The lowest BCUT2D eigenvalue weighted by molar-refractivity contribution is -0.136. The number of nitrogens with one attached hydrogen (secondary N) is 2. The minimum absolute atomic E-state index is 0.0417. The molecule has 0 aromatic heterocycles. The molecule has 0 atom stereocenters. The van der Waals surface area contributed by atoms with E-state index in [1.54, 1.807) is 0 Å². The average molecular weight is 226 g/mol. The van der Waals surface area contributed by atoms with E-state index in [1.165, 1.54) is 19.3 Å². The quantitative estimate of drug-likeness (QED) is 0.746. The molecule has 0 radical (unpaired) electrons. The predicted octanol–water partition coefficient (Wildman–Crippen LogP) is 0.814. The zero-order chi connectivity index (χ0) is 11.4. The van der Waals surface area contributed by atoms with Crippen LogP contribution < -0.4 is 10.6 Å². The Balaban J connectivity index is 1.63. The molecule has 2 fully saturated rings. The molecule has 0 bridgehead atoms. The van der Waals surface area contributed by atoms with Gasteiger partial charge in [0.2, 0.25) is 5.91 Å². The Bertz CT molecular complexity index is 245. The summed E-state index contributed by atoms with van der Waals surface area (Å²) >= 11 is 0. The van der Waals surface area contributed by atoms with Crippen LogP contribution in [0, 0.1) is 0 Å². The van der Waals surface area contributed by atoms with Crippen molar-refractivity contribution in [3.63, 3.8) is 0 Å². The van der Waals surface area contributed by atoms with Gasteiger partial charge in [-0.05, 0) is 19.8 Å². The standard InChI is InChI=1S/C12H22N2O2/c1-12(8-13-9-12)16-7-11(15)14-10-5-3-2-4-6-10/h10,13H,2-9H2,1H3,(H,14,15). The Hall–Kier alpha value is -0.610. The Morgan fingerprint density at radius 1 is 1.38 bits per heavy atom. The molecule has 92 valence electrons. The van der Waals surface area contributed by atoms with Crippen LogP contribution in [0.25, 0.3) is 0 Å². The Labute approximate surface area is 97.1 Å². The first-order chi connectivity index (χ1) is 7.68. The molecule has 4 nitrogen and oxygen atoms in total. The van der Waals surface area contributed by atoms with E-state index in [0.29, 0.717) is 6.04 Å². The number of rotatable bonds is 4. The summed E-state index contributed by atoms with van der Waals surface area (Å²) in [7, 11) is 0. The second-order valence-corrected chi connectivity index (χ2v) is 5.24. The average Bonchev–Trinajstić information content (AvgIpc) is 2.25. The molecule has 0 spiro atoms. The van der Waals surface area contributed by atoms with Crippen LogP contribution in [-0.4, -0.2) is 37.2 Å². The Morgan fingerprint density at radius 2 is 2.06 bits per heavy atom. The van der Waals surface area contributed by atoms with E-state index in [0.717, 1.165) is 25.9 Å². The lowest BCUT2D eigenvalue weighted by Gasteiger charge is -2.38. The number of ether oxygens (including phenoxy) is 1. The summed E-state index contributed by atoms with van der Waals surface area (Å²) in [6.45, 7) is 3.94. The lowest BCUT2D eigenvalue weighted by atomic mass is 9.95. The van der Waals surface area contributed by atoms with Gasteiger partial charge in [0.25, 0.3) is 0 Å². The number of carbonyl (C=O) groups excluding carboxylic acids is 1. The highest BCUT2D eigenvalue weighted by molar-refractivity contribution is 5.77. The van der Waals surface area contributed by atoms with Gasteiger partial charge in [0.1, 0.15) is 6.61 Å². The normalized spacial score (nSPS) is 24.8. The van der Waals surface area contributed by atoms with Crippen LogP contribution in [0.4, 0.5) is 0 Å². The smallest absolute Gasteiger partial charge is 0.246 e. The van der Waals surface area contributed by atoms with Crippen LogP contribution in [0.15, 0.2) is 0 Å². The highest BCUT2D eigenvalue weighted by Crippen LogP contribution is 2.18. The lowest BCUT2D eigenvalue weighted by Crippen LogP contribution is -2.59. The van der Waals surface area contributed by atoms with Gasteiger partial charge < -0.3 is 15.4 Å². The molecule has 1 aliphatic carbocycles. The molecule has 1 aliphatic heterocycles. The maximum absolute atomic E-state index is 11.6. The number of hydrogen-bond donors (Lipinski definition) is 2. The maximum Gasteiger partial charge on any atom is 0.246 e. The highest BCUT2D eigenvalue weighted by atomic mass is 16.5. The van der Waals surface area contributed by atoms with Gasteiger partial charge in [-0.2, -0.15) is 0 Å². The molecular formula is C12H22N2O2. The van der Waals surface area contributed by atoms with E-state index in [-0.39, 0.29) is 18.1 Å². The minimum atomic E-state index is -0.121. The highest BCUT2D eigenvalue weighted by Gasteiger charge is 2.33. The molecule has 1 saturated carbocycles. The van der Waals surface area contributed by atoms with Crippen molar-refractivity contribution in [2.45, 2.75) is 50.7 Å². The topological polar surface area (TPSA) is 50.4 Å². The third-order valence-corrected chi connectivity index (χ3v) is 3.52. The summed E-state index contributed by atoms with van der Waals surface area (Å²) < 4.78 is 5.59. The first-order valence-corrected chi connectivity index (χ1v) is 6.32. The van der Waals surface area contributed by atoms with Gasteiger partial charge in [0.05, 0.1) is 5.60 Å². The van der Waals surface area contributed by atoms with Crippen LogP contribution in [0.5, 0.6) is 0 Å². The first kappa shape index (κ1) is 11.9. The molecule has 0 unspecified atom stereocenters. The second-order valence-electron chi connectivity index (χ2n) is 5.24. The van der Waals surface area contributed by atoms with E-state index in [4.69, 9.17) is 4.74 Å². The number of hydrogen-bond acceptors (Lipinski definition) is 3. The maximum atomic E-state index is 11.6. The molecule has 0 aromatic rings. The number of amides is 1. The van der Waals surface area contributed by atoms with Crippen LogP contribution in [0.2, 0.25) is 0 Å². The van der Waals surface area contributed by atoms with Gasteiger partial charge in [0, 0.05) is 19.1 Å². The SMILES string of the molecule is CC1(OCC(=O)NC2CCCCC2)CNC1. The van der Waals surface area contributed by atoms with Crippen molar-refractivity contribution in [2.75, 3.05) is 19.7 Å². The van der Waals surface area contributed by atoms with Gasteiger partial charge in [-0.1, -0.05) is 19.3 Å². The van der Waals surface area contributed by atoms with Gasteiger partial charge in [-0.15, -0.1) is 0 Å². The van der Waals surface area contributed by atoms with E-state index in [1.807, 2.05) is 6.92 Å². The van der Waals surface area contributed by atoms with Crippen LogP contribution in [0.3, 0.4) is 0 Å². The third kappa shape index (κ3) is 3.19. The largest absolute Gasteiger partial charge is 0.363 e. The van der Waals surface area contributed by atoms with E-state index >= 15 is 0 Å². The van der Waals surface area contributed by atoms with Gasteiger partial charge in [0.15, 0.2) is 0 Å². The molecule has 1 amide bonds. The van der Waals surface area contributed by atoms with Crippen molar-refractivity contribution >= 4 is 5.91 Å². The Kier molecular flexibility index (Phi) is 3.82. The molecule has 1 saturated heterocycles. The third-order valence-electron chi connectivity index (χ3n) is 3.52. The van der Waals surface area contributed by atoms with E-state index in [9.17, 15) is 4.79 Å². The van der Waals surface area contributed by atoms with Crippen molar-refractivity contribution in [1.82, 2.24) is 10.6 Å². The van der Waals surface area contributed by atoms with Crippen LogP contribution in [-0.2, 0) is 9.53 Å². The fourth-order valence-corrected chi connectivity index (χ4v) is 2.34. The summed E-state index contributed by atoms with van der Waals surface area (Å²) in [5.74, 6) is 0.0417. The van der Waals surface area contributed by atoms with Crippen molar-refractivity contribution < 1.29 is 9.53 Å². The fourth-order valence-electron chi connectivity index (χ4n) is 2.34. The molecule has 4 heteroatoms. The summed E-state index contributed by atoms with van der Waals surface area (Å²) in [4.78, 5) is 11.6. The number of carbonyl (C=O) groups is 1. The molecule has 2 rings (SSSR count). The molecule has 1 heterocycles. The predicted molar refractivity (Wildman–Crippen MR) is 62.2 cm³/mol. The van der Waals surface area contributed by atoms with Crippen molar-refractivity contribution in [1.29, 1.82) is 0 Å². The zero-order valence-electron chi connectivity index (χ0n) is 10.1. The van der Waals surface area contributed by atoms with Crippen molar-refractivity contribution in [3.8, 4) is 0 Å². The fraction of sp³-hybridized carbons (Fsp3) is 0.917. The van der Waals surface area contributed by atoms with Gasteiger partial charge in [-0.3, -0.25) is 4.79 Å². The monoisotopic (exact) mass is 226 g/mol. The summed E-state index contributed by atoms with van der Waals surface area (Å²) in [5, 5.41) is 6.21. The summed E-state index contributed by atoms with van der Waals surface area (Å²) in [5.41, 5.74) is -0.121. The summed E-state index contributed by atoms with van der Waals surface area (Å²) in [6, 6.07) is 0.386. The second kappa shape index (κ2) is 5.15.